The van der Waals surface area contributed by atoms with Crippen molar-refractivity contribution in [1.29, 1.82) is 0 Å². The van der Waals surface area contributed by atoms with E-state index in [1.165, 1.54) is 0 Å². The Hall–Kier alpha value is -0.210. The van der Waals surface area contributed by atoms with E-state index in [2.05, 4.69) is 0 Å². The third-order valence-corrected chi connectivity index (χ3v) is 1.39. The lowest BCUT2D eigenvalue weighted by molar-refractivity contribution is -0.0936. The number of rotatable bonds is 2. The first-order chi connectivity index (χ1) is 3.85. The minimum absolute atomic E-state index is 2.53. The maximum atomic E-state index is 9.65. The van der Waals surface area contributed by atoms with Crippen molar-refractivity contribution in [2.45, 2.75) is 11.7 Å². The molecule has 9 heavy (non-hydrogen) atoms. The van der Waals surface area contributed by atoms with Crippen LogP contribution in [0.2, 0.25) is 0 Å². The Labute approximate surface area is 51.1 Å². The molecule has 0 aliphatic heterocycles. The summed E-state index contributed by atoms with van der Waals surface area (Å²) in [6.07, 6.45) is -2.53. The highest BCUT2D eigenvalue weighted by molar-refractivity contribution is 7.86. The molecule has 0 rings (SSSR count). The third-order valence-electron chi connectivity index (χ3n) is 0.551. The van der Waals surface area contributed by atoms with E-state index in [1.807, 2.05) is 0 Å². The molecule has 0 amide bonds. The Morgan fingerprint density at radius 3 is 1.56 bits per heavy atom. The van der Waals surface area contributed by atoms with E-state index in [0.29, 0.717) is 0 Å². The lowest BCUT2D eigenvalue weighted by Crippen LogP contribution is -2.33. The highest BCUT2D eigenvalue weighted by Crippen LogP contribution is 1.96. The molecule has 1 unspecified atom stereocenters. The summed E-state index contributed by atoms with van der Waals surface area (Å²) in [6, 6.07) is 0. The molecule has 1 atom stereocenters. The lowest BCUT2D eigenvalue weighted by Gasteiger charge is -2.15. The van der Waals surface area contributed by atoms with Crippen molar-refractivity contribution in [3.63, 3.8) is 0 Å². The van der Waals surface area contributed by atoms with Crippen molar-refractivity contribution in [3.05, 3.63) is 0 Å². The molecule has 0 spiro atoms. The van der Waals surface area contributed by atoms with Crippen LogP contribution in [-0.4, -0.2) is 40.0 Å². The fraction of sp³-hybridized carbons (Fsp3) is 1.00. The van der Waals surface area contributed by atoms with Crippen LogP contribution in [0.1, 0.15) is 0 Å². The predicted octanol–water partition coefficient (Wildman–Crippen LogP) is -2.84. The van der Waals surface area contributed by atoms with Gasteiger partial charge in [0, 0.05) is 0 Å². The van der Waals surface area contributed by atoms with Crippen molar-refractivity contribution in [2.75, 3.05) is 0 Å². The van der Waals surface area contributed by atoms with Crippen LogP contribution in [0.5, 0.6) is 0 Å². The SMILES string of the molecule is O=S(=O)([O-])C(O)C(O)O. The second kappa shape index (κ2) is 2.58. The van der Waals surface area contributed by atoms with E-state index in [1.54, 1.807) is 0 Å². The van der Waals surface area contributed by atoms with Gasteiger partial charge in [-0.2, -0.15) is 0 Å². The smallest absolute Gasteiger partial charge is 0.194 e. The summed E-state index contributed by atoms with van der Waals surface area (Å²) in [5, 5.41) is 23.8. The lowest BCUT2D eigenvalue weighted by atomic mass is 10.7. The molecule has 0 aromatic heterocycles. The Morgan fingerprint density at radius 2 is 1.56 bits per heavy atom. The van der Waals surface area contributed by atoms with Gasteiger partial charge >= 0.3 is 0 Å². The van der Waals surface area contributed by atoms with Gasteiger partial charge in [0.2, 0.25) is 0 Å². The van der Waals surface area contributed by atoms with Crippen LogP contribution >= 0.6 is 0 Å². The van der Waals surface area contributed by atoms with Gasteiger partial charge in [-0.05, 0) is 0 Å². The number of hydrogen-bond donors (Lipinski definition) is 3. The van der Waals surface area contributed by atoms with Gasteiger partial charge < -0.3 is 19.9 Å². The van der Waals surface area contributed by atoms with Crippen molar-refractivity contribution in [1.82, 2.24) is 0 Å². The van der Waals surface area contributed by atoms with Gasteiger partial charge in [-0.3, -0.25) is 0 Å². The molecule has 0 aromatic carbocycles. The van der Waals surface area contributed by atoms with Crippen LogP contribution in [0.15, 0.2) is 0 Å². The van der Waals surface area contributed by atoms with Gasteiger partial charge in [0.1, 0.15) is 10.1 Å². The number of aliphatic hydroxyl groups excluding tert-OH is 2. The van der Waals surface area contributed by atoms with Crippen molar-refractivity contribution >= 4 is 10.1 Å². The molecule has 0 bridgehead atoms. The third kappa shape index (κ3) is 2.72. The fourth-order valence-corrected chi connectivity index (χ4v) is 0.447. The molecule has 0 saturated heterocycles. The molecule has 0 radical (unpaired) electrons. The summed E-state index contributed by atoms with van der Waals surface area (Å²) in [7, 11) is -5.00. The first kappa shape index (κ1) is 8.79. The van der Waals surface area contributed by atoms with E-state index in [4.69, 9.17) is 15.3 Å². The maximum Gasteiger partial charge on any atom is 0.194 e. The average Bonchev–Trinajstić information content (AvgIpc) is 1.62. The Morgan fingerprint density at radius 1 is 1.22 bits per heavy atom. The zero-order valence-corrected chi connectivity index (χ0v) is 4.95. The van der Waals surface area contributed by atoms with Crippen molar-refractivity contribution in [3.8, 4) is 0 Å². The predicted molar refractivity (Wildman–Crippen MR) is 23.9 cm³/mol. The molecule has 0 fully saturated rings. The minimum Gasteiger partial charge on any atom is -0.746 e. The highest BCUT2D eigenvalue weighted by Gasteiger charge is 2.19. The number of aliphatic hydroxyl groups is 3. The standard InChI is InChI=1S/C2H6O6S/c3-1(4)2(5)9(6,7)8/h1-5H,(H,6,7,8)/p-1. The normalized spacial score (nSPS) is 16.1. The quantitative estimate of drug-likeness (QED) is 0.293. The molecular weight excluding hydrogens is 152 g/mol. The summed E-state index contributed by atoms with van der Waals surface area (Å²) in [6.45, 7) is 0. The zero-order valence-electron chi connectivity index (χ0n) is 4.13. The molecule has 3 N–H and O–H groups in total. The van der Waals surface area contributed by atoms with E-state index in [9.17, 15) is 13.0 Å². The molecule has 7 heteroatoms. The zero-order chi connectivity index (χ0) is 7.65. The van der Waals surface area contributed by atoms with Gasteiger partial charge in [-0.1, -0.05) is 0 Å². The van der Waals surface area contributed by atoms with Gasteiger partial charge in [0.15, 0.2) is 11.7 Å². The highest BCUT2D eigenvalue weighted by atomic mass is 32.2. The van der Waals surface area contributed by atoms with Crippen molar-refractivity contribution < 1.29 is 28.3 Å². The summed E-state index contributed by atoms with van der Waals surface area (Å²) in [5.41, 5.74) is -2.66. The van der Waals surface area contributed by atoms with Crippen LogP contribution in [0.4, 0.5) is 0 Å². The largest absolute Gasteiger partial charge is 0.746 e. The number of hydrogen-bond acceptors (Lipinski definition) is 6. The van der Waals surface area contributed by atoms with Crippen LogP contribution < -0.4 is 0 Å². The molecule has 0 aliphatic rings. The molecule has 0 aromatic rings. The van der Waals surface area contributed by atoms with Crippen LogP contribution in [-0.2, 0) is 10.1 Å². The summed E-state index contributed by atoms with van der Waals surface area (Å²) in [5.74, 6) is 0. The Balaban J connectivity index is 4.24. The van der Waals surface area contributed by atoms with Gasteiger partial charge in [0.05, 0.1) is 0 Å². The van der Waals surface area contributed by atoms with Crippen molar-refractivity contribution in [2.24, 2.45) is 0 Å². The average molecular weight is 157 g/mol. The van der Waals surface area contributed by atoms with Gasteiger partial charge in [-0.25, -0.2) is 8.42 Å². The molecule has 56 valence electrons. The Bertz CT molecular complexity index is 167. The molecule has 0 aliphatic carbocycles. The second-order valence-electron chi connectivity index (χ2n) is 1.30. The summed E-state index contributed by atoms with van der Waals surface area (Å²) >= 11 is 0. The maximum absolute atomic E-state index is 9.65. The van der Waals surface area contributed by atoms with Gasteiger partial charge in [0.25, 0.3) is 0 Å². The minimum atomic E-state index is -5.00. The summed E-state index contributed by atoms with van der Waals surface area (Å²) in [4.78, 5) is 0. The topological polar surface area (TPSA) is 118 Å². The second-order valence-corrected chi connectivity index (χ2v) is 2.77. The van der Waals surface area contributed by atoms with Crippen LogP contribution in [0, 0.1) is 0 Å². The van der Waals surface area contributed by atoms with Crippen LogP contribution in [0.25, 0.3) is 0 Å². The molecule has 0 heterocycles. The fourth-order valence-electron chi connectivity index (χ4n) is 0.149. The molecular formula is C2H5O6S-. The van der Waals surface area contributed by atoms with E-state index in [-0.39, 0.29) is 0 Å². The van der Waals surface area contributed by atoms with E-state index < -0.39 is 21.8 Å². The van der Waals surface area contributed by atoms with E-state index >= 15 is 0 Å². The molecule has 6 nitrogen and oxygen atoms in total. The van der Waals surface area contributed by atoms with Gasteiger partial charge in [-0.15, -0.1) is 0 Å². The summed E-state index contributed by atoms with van der Waals surface area (Å²) < 4.78 is 28.9. The first-order valence-corrected chi connectivity index (χ1v) is 3.32. The first-order valence-electron chi connectivity index (χ1n) is 1.84. The van der Waals surface area contributed by atoms with Crippen LogP contribution in [0.3, 0.4) is 0 Å². The monoisotopic (exact) mass is 157 g/mol. The van der Waals surface area contributed by atoms with E-state index in [0.717, 1.165) is 0 Å². The molecule has 0 saturated carbocycles. The Kier molecular flexibility index (Phi) is 2.52.